The zero-order chi connectivity index (χ0) is 24.9. The fourth-order valence-corrected chi connectivity index (χ4v) is 5.37. The number of anilines is 2. The second-order valence-corrected chi connectivity index (χ2v) is 11.0. The summed E-state index contributed by atoms with van der Waals surface area (Å²) in [5, 5.41) is 2.95. The molecule has 0 aromatic heterocycles. The molecule has 0 saturated carbocycles. The third-order valence-corrected chi connectivity index (χ3v) is 7.67. The van der Waals surface area contributed by atoms with Gasteiger partial charge in [-0.1, -0.05) is 23.2 Å². The van der Waals surface area contributed by atoms with Gasteiger partial charge in [0.25, 0.3) is 10.0 Å². The molecular weight excluding hydrogens is 519 g/mol. The maximum Gasteiger partial charge on any atom is 0.261 e. The van der Waals surface area contributed by atoms with Gasteiger partial charge < -0.3 is 14.8 Å². The number of hydrogen-bond donors (Lipinski definition) is 2. The van der Waals surface area contributed by atoms with Crippen molar-refractivity contribution in [3.63, 3.8) is 0 Å². The Morgan fingerprint density at radius 3 is 2.24 bits per heavy atom. The summed E-state index contributed by atoms with van der Waals surface area (Å²) in [7, 11) is -0.777. The van der Waals surface area contributed by atoms with Crippen molar-refractivity contribution in [3.8, 4) is 11.5 Å². The van der Waals surface area contributed by atoms with E-state index in [0.717, 1.165) is 4.90 Å². The average Bonchev–Trinajstić information content (AvgIpc) is 2.81. The molecule has 7 nitrogen and oxygen atoms in total. The summed E-state index contributed by atoms with van der Waals surface area (Å²) < 4.78 is 38.3. The highest BCUT2D eigenvalue weighted by molar-refractivity contribution is 8.00. The third-order valence-electron chi connectivity index (χ3n) is 4.64. The van der Waals surface area contributed by atoms with Crippen LogP contribution >= 0.6 is 35.0 Å². The number of benzene rings is 3. The molecule has 0 spiro atoms. The molecule has 0 radical (unpaired) electrons. The van der Waals surface area contributed by atoms with Crippen LogP contribution in [-0.4, -0.2) is 33.8 Å². The Kier molecular flexibility index (Phi) is 8.59. The Balaban J connectivity index is 1.65. The first-order valence-corrected chi connectivity index (χ1v) is 13.0. The Morgan fingerprint density at radius 2 is 1.62 bits per heavy atom. The molecule has 0 heterocycles. The van der Waals surface area contributed by atoms with Crippen LogP contribution in [0.5, 0.6) is 11.5 Å². The van der Waals surface area contributed by atoms with Crippen molar-refractivity contribution in [2.75, 3.05) is 24.3 Å². The zero-order valence-electron chi connectivity index (χ0n) is 18.5. The first kappa shape index (κ1) is 26.0. The van der Waals surface area contributed by atoms with Gasteiger partial charge in [-0.2, -0.15) is 0 Å². The van der Waals surface area contributed by atoms with Crippen LogP contribution in [0.2, 0.25) is 10.0 Å². The lowest BCUT2D eigenvalue weighted by Crippen LogP contribution is -2.22. The number of methoxy groups -OCH3 is 2. The van der Waals surface area contributed by atoms with Gasteiger partial charge in [0, 0.05) is 15.6 Å². The highest BCUT2D eigenvalue weighted by Crippen LogP contribution is 2.34. The van der Waals surface area contributed by atoms with Crippen LogP contribution in [0, 0.1) is 0 Å². The van der Waals surface area contributed by atoms with Crippen LogP contribution in [0.15, 0.2) is 70.5 Å². The monoisotopic (exact) mass is 540 g/mol. The number of halogens is 2. The normalized spacial score (nSPS) is 12.0. The number of nitrogens with one attached hydrogen (secondary N) is 2. The Morgan fingerprint density at radius 1 is 0.941 bits per heavy atom. The van der Waals surface area contributed by atoms with Crippen LogP contribution in [-0.2, 0) is 14.8 Å². The van der Waals surface area contributed by atoms with E-state index in [1.807, 2.05) is 6.07 Å². The number of hydrogen-bond acceptors (Lipinski definition) is 6. The highest BCUT2D eigenvalue weighted by atomic mass is 35.5. The number of sulfonamides is 1. The largest absolute Gasteiger partial charge is 0.493 e. The maximum atomic E-state index is 12.7. The first-order valence-electron chi connectivity index (χ1n) is 9.90. The van der Waals surface area contributed by atoms with E-state index in [1.54, 1.807) is 33.3 Å². The summed E-state index contributed by atoms with van der Waals surface area (Å²) in [5.41, 5.74) is 0.678. The molecule has 1 atom stereocenters. The Hall–Kier alpha value is -2.59. The molecule has 3 aromatic carbocycles. The summed E-state index contributed by atoms with van der Waals surface area (Å²) in [6.07, 6.45) is 0. The van der Waals surface area contributed by atoms with Gasteiger partial charge in [0.1, 0.15) is 0 Å². The van der Waals surface area contributed by atoms with Crippen LogP contribution in [0.4, 0.5) is 11.4 Å². The molecule has 2 N–H and O–H groups in total. The van der Waals surface area contributed by atoms with Crippen molar-refractivity contribution in [1.29, 1.82) is 0 Å². The molecule has 180 valence electrons. The quantitative estimate of drug-likeness (QED) is 0.326. The number of thioether (sulfide) groups is 1. The van der Waals surface area contributed by atoms with E-state index in [9.17, 15) is 13.2 Å². The van der Waals surface area contributed by atoms with E-state index in [1.165, 1.54) is 54.2 Å². The minimum atomic E-state index is -3.88. The molecule has 3 rings (SSSR count). The lowest BCUT2D eigenvalue weighted by atomic mass is 10.3. The maximum absolute atomic E-state index is 12.7. The van der Waals surface area contributed by atoms with E-state index < -0.39 is 15.3 Å². The molecule has 0 bridgehead atoms. The Bertz CT molecular complexity index is 1290. The van der Waals surface area contributed by atoms with Crippen LogP contribution < -0.4 is 19.5 Å². The predicted octanol–water partition coefficient (Wildman–Crippen LogP) is 5.93. The summed E-state index contributed by atoms with van der Waals surface area (Å²) >= 11 is 13.3. The van der Waals surface area contributed by atoms with Crippen molar-refractivity contribution in [2.24, 2.45) is 0 Å². The molecule has 0 saturated heterocycles. The second-order valence-electron chi connectivity index (χ2n) is 7.02. The molecule has 11 heteroatoms. The third kappa shape index (κ3) is 6.50. The van der Waals surface area contributed by atoms with Gasteiger partial charge in [0.05, 0.1) is 35.1 Å². The standard InChI is InChI=1S/C23H22Cl2N2O5S2/c1-14(33-17-7-11-21(31-2)22(13-17)32-3)23(28)26-16-5-8-18(9-6-16)34(29,30)27-20-10-4-15(24)12-19(20)25/h4-14,27H,1-3H3,(H,26,28)/t14-/m0/s1. The highest BCUT2D eigenvalue weighted by Gasteiger charge is 2.18. The van der Waals surface area contributed by atoms with Crippen LogP contribution in [0.25, 0.3) is 0 Å². The van der Waals surface area contributed by atoms with E-state index in [-0.39, 0.29) is 21.5 Å². The van der Waals surface area contributed by atoms with E-state index in [0.29, 0.717) is 22.2 Å². The van der Waals surface area contributed by atoms with Gasteiger partial charge in [-0.05, 0) is 67.6 Å². The van der Waals surface area contributed by atoms with E-state index in [2.05, 4.69) is 10.0 Å². The van der Waals surface area contributed by atoms with Gasteiger partial charge >= 0.3 is 0 Å². The van der Waals surface area contributed by atoms with Crippen molar-refractivity contribution in [3.05, 3.63) is 70.7 Å². The minimum absolute atomic E-state index is 0.0178. The smallest absolute Gasteiger partial charge is 0.261 e. The number of ether oxygens (including phenoxy) is 2. The average molecular weight is 541 g/mol. The summed E-state index contributed by atoms with van der Waals surface area (Å²) in [6, 6.07) is 15.7. The minimum Gasteiger partial charge on any atom is -0.493 e. The fraction of sp³-hybridized carbons (Fsp3) is 0.174. The van der Waals surface area contributed by atoms with Crippen molar-refractivity contribution >= 4 is 62.3 Å². The SMILES string of the molecule is COc1ccc(S[C@@H](C)C(=O)Nc2ccc(S(=O)(=O)Nc3ccc(Cl)cc3Cl)cc2)cc1OC. The second kappa shape index (κ2) is 11.2. The molecular formula is C23H22Cl2N2O5S2. The predicted molar refractivity (Wildman–Crippen MR) is 137 cm³/mol. The molecule has 0 fully saturated rings. The van der Waals surface area contributed by atoms with Crippen molar-refractivity contribution in [1.82, 2.24) is 0 Å². The molecule has 34 heavy (non-hydrogen) atoms. The summed E-state index contributed by atoms with van der Waals surface area (Å²) in [4.78, 5) is 13.5. The molecule has 0 aliphatic carbocycles. The summed E-state index contributed by atoms with van der Waals surface area (Å²) in [5.74, 6) is 0.943. The van der Waals surface area contributed by atoms with Gasteiger partial charge in [-0.3, -0.25) is 9.52 Å². The topological polar surface area (TPSA) is 93.7 Å². The lowest BCUT2D eigenvalue weighted by molar-refractivity contribution is -0.115. The molecule has 0 aliphatic rings. The van der Waals surface area contributed by atoms with Crippen molar-refractivity contribution < 1.29 is 22.7 Å². The Labute approximate surface area is 212 Å². The van der Waals surface area contributed by atoms with Crippen LogP contribution in [0.3, 0.4) is 0 Å². The number of rotatable bonds is 9. The fourth-order valence-electron chi connectivity index (χ4n) is 2.88. The van der Waals surface area contributed by atoms with Gasteiger partial charge in [-0.15, -0.1) is 11.8 Å². The number of carbonyl (C=O) groups excluding carboxylic acids is 1. The number of carbonyl (C=O) groups is 1. The molecule has 0 aliphatic heterocycles. The number of amides is 1. The van der Waals surface area contributed by atoms with Gasteiger partial charge in [0.15, 0.2) is 11.5 Å². The van der Waals surface area contributed by atoms with E-state index in [4.69, 9.17) is 32.7 Å². The molecule has 0 unspecified atom stereocenters. The molecule has 3 aromatic rings. The van der Waals surface area contributed by atoms with Crippen molar-refractivity contribution in [2.45, 2.75) is 22.0 Å². The summed E-state index contributed by atoms with van der Waals surface area (Å²) in [6.45, 7) is 1.77. The zero-order valence-corrected chi connectivity index (χ0v) is 21.6. The van der Waals surface area contributed by atoms with Gasteiger partial charge in [-0.25, -0.2) is 8.42 Å². The van der Waals surface area contributed by atoms with Crippen LogP contribution in [0.1, 0.15) is 6.92 Å². The van der Waals surface area contributed by atoms with E-state index >= 15 is 0 Å². The molecule has 1 amide bonds. The lowest BCUT2D eigenvalue weighted by Gasteiger charge is -2.14. The first-order chi connectivity index (χ1) is 16.1. The van der Waals surface area contributed by atoms with Gasteiger partial charge in [0.2, 0.25) is 5.91 Å².